The molecule has 0 unspecified atom stereocenters. The Balaban J connectivity index is 3.17. The Morgan fingerprint density at radius 2 is 2.19 bits per heavy atom. The van der Waals surface area contributed by atoms with Gasteiger partial charge in [-0.15, -0.1) is 0 Å². The highest BCUT2D eigenvalue weighted by Crippen LogP contribution is 2.24. The minimum Gasteiger partial charge on any atom is -0.385 e. The van der Waals surface area contributed by atoms with Crippen molar-refractivity contribution in [1.29, 1.82) is 5.26 Å². The number of nitrogens with one attached hydrogen (secondary N) is 1. The van der Waals surface area contributed by atoms with Crippen molar-refractivity contribution < 1.29 is 9.72 Å². The van der Waals surface area contributed by atoms with Gasteiger partial charge in [-0.3, -0.25) is 14.9 Å². The summed E-state index contributed by atoms with van der Waals surface area (Å²) in [4.78, 5) is 24.4. The molecule has 0 aliphatic rings. The molecule has 0 aromatic heterocycles. The molecule has 0 atom stereocenters. The zero-order valence-corrected chi connectivity index (χ0v) is 12.1. The standard InChI is InChI=1S/C14H18N4O3/c1-3-16-11-6-7-13(18(20)21)12(10-11)14(19)17(4-2)9-5-8-15/h6-7,10,16H,3-5,9H2,1-2H3. The number of amides is 1. The van der Waals surface area contributed by atoms with Crippen molar-refractivity contribution in [1.82, 2.24) is 4.90 Å². The van der Waals surface area contributed by atoms with Crippen LogP contribution in [0.2, 0.25) is 0 Å². The zero-order chi connectivity index (χ0) is 15.8. The largest absolute Gasteiger partial charge is 0.385 e. The molecule has 7 nitrogen and oxygen atoms in total. The van der Waals surface area contributed by atoms with Crippen LogP contribution in [0.3, 0.4) is 0 Å². The first kappa shape index (κ1) is 16.4. The van der Waals surface area contributed by atoms with Gasteiger partial charge >= 0.3 is 0 Å². The van der Waals surface area contributed by atoms with E-state index in [0.29, 0.717) is 18.8 Å². The summed E-state index contributed by atoms with van der Waals surface area (Å²) in [5, 5.41) is 22.7. The van der Waals surface area contributed by atoms with Gasteiger partial charge in [-0.05, 0) is 26.0 Å². The van der Waals surface area contributed by atoms with Crippen LogP contribution in [-0.4, -0.2) is 35.4 Å². The Hall–Kier alpha value is -2.62. The van der Waals surface area contributed by atoms with Gasteiger partial charge in [0.1, 0.15) is 5.56 Å². The summed E-state index contributed by atoms with van der Waals surface area (Å²) < 4.78 is 0. The second-order valence-electron chi connectivity index (χ2n) is 4.31. The van der Waals surface area contributed by atoms with Crippen molar-refractivity contribution in [2.24, 2.45) is 0 Å². The maximum atomic E-state index is 12.4. The van der Waals surface area contributed by atoms with Crippen LogP contribution >= 0.6 is 0 Å². The smallest absolute Gasteiger partial charge is 0.282 e. The Labute approximate surface area is 123 Å². The Morgan fingerprint density at radius 3 is 2.71 bits per heavy atom. The fraction of sp³-hybridized carbons (Fsp3) is 0.429. The molecule has 0 aliphatic carbocycles. The van der Waals surface area contributed by atoms with Gasteiger partial charge in [0.05, 0.1) is 17.4 Å². The van der Waals surface area contributed by atoms with Crippen molar-refractivity contribution >= 4 is 17.3 Å². The molecule has 1 aromatic carbocycles. The van der Waals surface area contributed by atoms with E-state index in [1.807, 2.05) is 13.0 Å². The number of rotatable bonds is 7. The third-order valence-corrected chi connectivity index (χ3v) is 2.97. The predicted molar refractivity (Wildman–Crippen MR) is 79.1 cm³/mol. The van der Waals surface area contributed by atoms with Crippen LogP contribution in [-0.2, 0) is 0 Å². The van der Waals surface area contributed by atoms with Crippen LogP contribution in [0.5, 0.6) is 0 Å². The summed E-state index contributed by atoms with van der Waals surface area (Å²) in [6, 6.07) is 6.35. The summed E-state index contributed by atoms with van der Waals surface area (Å²) in [5.74, 6) is -0.431. The van der Waals surface area contributed by atoms with E-state index in [1.165, 1.54) is 17.0 Å². The molecular formula is C14H18N4O3. The van der Waals surface area contributed by atoms with Crippen molar-refractivity contribution in [3.8, 4) is 6.07 Å². The highest BCUT2D eigenvalue weighted by Gasteiger charge is 2.24. The number of nitriles is 1. The van der Waals surface area contributed by atoms with Crippen LogP contribution in [0, 0.1) is 21.4 Å². The molecule has 7 heteroatoms. The number of benzene rings is 1. The van der Waals surface area contributed by atoms with Crippen LogP contribution in [0.25, 0.3) is 0 Å². The maximum Gasteiger partial charge on any atom is 0.282 e. The number of hydrogen-bond donors (Lipinski definition) is 1. The molecule has 0 spiro atoms. The number of nitrogens with zero attached hydrogens (tertiary/aromatic N) is 3. The van der Waals surface area contributed by atoms with E-state index in [0.717, 1.165) is 0 Å². The van der Waals surface area contributed by atoms with Crippen molar-refractivity contribution in [3.05, 3.63) is 33.9 Å². The van der Waals surface area contributed by atoms with Gasteiger partial charge in [0, 0.05) is 31.4 Å². The topological polar surface area (TPSA) is 99.3 Å². The van der Waals surface area contributed by atoms with E-state index in [1.54, 1.807) is 13.0 Å². The molecule has 0 fully saturated rings. The molecule has 1 aromatic rings. The normalized spacial score (nSPS) is 9.76. The SMILES string of the molecule is CCNc1ccc([N+](=O)[O-])c(C(=O)N(CC)CCC#N)c1. The number of hydrogen-bond acceptors (Lipinski definition) is 5. The summed E-state index contributed by atoms with van der Waals surface area (Å²) in [6.07, 6.45) is 0.195. The quantitative estimate of drug-likeness (QED) is 0.614. The molecular weight excluding hydrogens is 272 g/mol. The zero-order valence-electron chi connectivity index (χ0n) is 12.1. The lowest BCUT2D eigenvalue weighted by Gasteiger charge is -2.19. The fourth-order valence-corrected chi connectivity index (χ4v) is 1.94. The molecule has 1 N–H and O–H groups in total. The van der Waals surface area contributed by atoms with E-state index in [9.17, 15) is 14.9 Å². The van der Waals surface area contributed by atoms with Gasteiger partial charge < -0.3 is 10.2 Å². The van der Waals surface area contributed by atoms with Crippen LogP contribution in [0.4, 0.5) is 11.4 Å². The number of anilines is 1. The third-order valence-electron chi connectivity index (χ3n) is 2.97. The maximum absolute atomic E-state index is 12.4. The molecule has 21 heavy (non-hydrogen) atoms. The second kappa shape index (κ2) is 7.85. The van der Waals surface area contributed by atoms with Gasteiger partial charge in [-0.25, -0.2) is 0 Å². The number of carbonyl (C=O) groups is 1. The number of nitro groups is 1. The summed E-state index contributed by atoms with van der Waals surface area (Å²) in [7, 11) is 0. The summed E-state index contributed by atoms with van der Waals surface area (Å²) in [6.45, 7) is 4.97. The monoisotopic (exact) mass is 290 g/mol. The Bertz CT molecular complexity index is 566. The molecule has 112 valence electrons. The van der Waals surface area contributed by atoms with E-state index in [-0.39, 0.29) is 24.2 Å². The molecule has 0 radical (unpaired) electrons. The lowest BCUT2D eigenvalue weighted by atomic mass is 10.1. The number of nitro benzene ring substituents is 1. The minimum absolute atomic E-state index is 0.0400. The average molecular weight is 290 g/mol. The molecule has 0 heterocycles. The Morgan fingerprint density at radius 1 is 1.48 bits per heavy atom. The van der Waals surface area contributed by atoms with E-state index in [2.05, 4.69) is 5.32 Å². The molecule has 1 rings (SSSR count). The van der Waals surface area contributed by atoms with E-state index >= 15 is 0 Å². The number of carbonyl (C=O) groups excluding carboxylic acids is 1. The van der Waals surface area contributed by atoms with E-state index < -0.39 is 10.8 Å². The van der Waals surface area contributed by atoms with Gasteiger partial charge in [-0.1, -0.05) is 0 Å². The van der Waals surface area contributed by atoms with Crippen LogP contribution < -0.4 is 5.32 Å². The van der Waals surface area contributed by atoms with Gasteiger partial charge in [0.15, 0.2) is 0 Å². The first-order chi connectivity index (χ1) is 10.0. The predicted octanol–water partition coefficient (Wildman–Crippen LogP) is 2.40. The van der Waals surface area contributed by atoms with Gasteiger partial charge in [0.25, 0.3) is 11.6 Å². The molecule has 0 saturated carbocycles. The van der Waals surface area contributed by atoms with Crippen molar-refractivity contribution in [3.63, 3.8) is 0 Å². The van der Waals surface area contributed by atoms with E-state index in [4.69, 9.17) is 5.26 Å². The highest BCUT2D eigenvalue weighted by molar-refractivity contribution is 5.99. The van der Waals surface area contributed by atoms with Crippen LogP contribution in [0.15, 0.2) is 18.2 Å². The van der Waals surface area contributed by atoms with Crippen LogP contribution in [0.1, 0.15) is 30.6 Å². The molecule has 0 aliphatic heterocycles. The Kier molecular flexibility index (Phi) is 6.14. The first-order valence-corrected chi connectivity index (χ1v) is 6.73. The summed E-state index contributed by atoms with van der Waals surface area (Å²) in [5.41, 5.74) is 0.470. The lowest BCUT2D eigenvalue weighted by molar-refractivity contribution is -0.385. The third kappa shape index (κ3) is 4.18. The van der Waals surface area contributed by atoms with Crippen molar-refractivity contribution in [2.75, 3.05) is 25.0 Å². The molecule has 0 bridgehead atoms. The minimum atomic E-state index is -0.568. The summed E-state index contributed by atoms with van der Waals surface area (Å²) >= 11 is 0. The highest BCUT2D eigenvalue weighted by atomic mass is 16.6. The average Bonchev–Trinajstić information content (AvgIpc) is 2.47. The molecule has 1 amide bonds. The van der Waals surface area contributed by atoms with Crippen molar-refractivity contribution in [2.45, 2.75) is 20.3 Å². The second-order valence-corrected chi connectivity index (χ2v) is 4.31. The molecule has 0 saturated heterocycles. The van der Waals surface area contributed by atoms with Gasteiger partial charge in [0.2, 0.25) is 0 Å². The van der Waals surface area contributed by atoms with Gasteiger partial charge in [-0.2, -0.15) is 5.26 Å². The fourth-order valence-electron chi connectivity index (χ4n) is 1.94. The lowest BCUT2D eigenvalue weighted by Crippen LogP contribution is -2.32. The first-order valence-electron chi connectivity index (χ1n) is 6.73.